The molecule has 7 heteroatoms. The lowest BCUT2D eigenvalue weighted by Gasteiger charge is -2.19. The Morgan fingerprint density at radius 1 is 0.929 bits per heavy atom. The van der Waals surface area contributed by atoms with E-state index in [-0.39, 0.29) is 5.25 Å². The Balaban J connectivity index is 1.74. The largest absolute Gasteiger partial charge is 0.334 e. The van der Waals surface area contributed by atoms with Crippen LogP contribution in [0.15, 0.2) is 65.8 Å². The minimum Gasteiger partial charge on any atom is -0.334 e. The molecule has 0 saturated carbocycles. The maximum absolute atomic E-state index is 6.37. The van der Waals surface area contributed by atoms with Crippen LogP contribution in [0.2, 0.25) is 0 Å². The molecule has 0 spiro atoms. The van der Waals surface area contributed by atoms with Crippen molar-refractivity contribution >= 4 is 11.8 Å². The normalized spacial score (nSPS) is 12.2. The van der Waals surface area contributed by atoms with Crippen molar-refractivity contribution in [2.75, 3.05) is 5.84 Å². The number of rotatable bonds is 5. The first kappa shape index (κ1) is 18.3. The molecule has 142 valence electrons. The minimum atomic E-state index is 0.0576. The van der Waals surface area contributed by atoms with Crippen molar-refractivity contribution in [3.8, 4) is 5.95 Å². The SMILES string of the molecule is Cc1cc(C)n(-c2nnc(SC(c3ccccc3)c3ccccc3C)n2N)n1. The van der Waals surface area contributed by atoms with Gasteiger partial charge in [-0.3, -0.25) is 0 Å². The Kier molecular flexibility index (Phi) is 4.92. The number of aromatic nitrogens is 5. The Labute approximate surface area is 168 Å². The van der Waals surface area contributed by atoms with Gasteiger partial charge in [-0.15, -0.1) is 10.2 Å². The third-order valence-electron chi connectivity index (χ3n) is 4.64. The van der Waals surface area contributed by atoms with Gasteiger partial charge in [0, 0.05) is 5.69 Å². The molecule has 2 aromatic heterocycles. The van der Waals surface area contributed by atoms with Crippen molar-refractivity contribution < 1.29 is 0 Å². The molecule has 28 heavy (non-hydrogen) atoms. The van der Waals surface area contributed by atoms with Gasteiger partial charge in [0.25, 0.3) is 5.95 Å². The summed E-state index contributed by atoms with van der Waals surface area (Å²) in [6.07, 6.45) is 0. The van der Waals surface area contributed by atoms with E-state index >= 15 is 0 Å². The maximum Gasteiger partial charge on any atom is 0.271 e. The summed E-state index contributed by atoms with van der Waals surface area (Å²) in [5, 5.41) is 13.8. The lowest BCUT2D eigenvalue weighted by atomic mass is 10.0. The van der Waals surface area contributed by atoms with Crippen LogP contribution in [0.5, 0.6) is 0 Å². The summed E-state index contributed by atoms with van der Waals surface area (Å²) in [5.41, 5.74) is 5.53. The van der Waals surface area contributed by atoms with Gasteiger partial charge in [0.1, 0.15) is 0 Å². The fourth-order valence-corrected chi connectivity index (χ4v) is 4.43. The van der Waals surface area contributed by atoms with Crippen LogP contribution in [0.1, 0.15) is 33.3 Å². The van der Waals surface area contributed by atoms with E-state index < -0.39 is 0 Å². The fourth-order valence-electron chi connectivity index (χ4n) is 3.25. The van der Waals surface area contributed by atoms with Gasteiger partial charge in [0.2, 0.25) is 5.16 Å². The molecule has 0 bridgehead atoms. The average molecular weight is 391 g/mol. The van der Waals surface area contributed by atoms with Gasteiger partial charge >= 0.3 is 0 Å². The zero-order valence-electron chi connectivity index (χ0n) is 16.1. The van der Waals surface area contributed by atoms with Gasteiger partial charge in [-0.2, -0.15) is 5.10 Å². The molecule has 4 rings (SSSR count). The predicted molar refractivity (Wildman–Crippen MR) is 112 cm³/mol. The van der Waals surface area contributed by atoms with Gasteiger partial charge in [0.05, 0.1) is 10.9 Å². The number of hydrogen-bond acceptors (Lipinski definition) is 5. The highest BCUT2D eigenvalue weighted by atomic mass is 32.2. The molecule has 0 radical (unpaired) electrons. The monoisotopic (exact) mass is 390 g/mol. The molecular formula is C21H22N6S. The number of nitrogens with two attached hydrogens (primary N) is 1. The first-order valence-corrected chi connectivity index (χ1v) is 9.94. The second kappa shape index (κ2) is 7.52. The van der Waals surface area contributed by atoms with Crippen LogP contribution in [-0.4, -0.2) is 24.7 Å². The zero-order chi connectivity index (χ0) is 19.7. The molecular weight excluding hydrogens is 368 g/mol. The standard InChI is InChI=1S/C21H22N6S/c1-14-9-7-8-12-18(14)19(17-10-5-4-6-11-17)28-21-24-23-20(26(21)22)27-16(3)13-15(2)25-27/h4-13,19H,22H2,1-3H3. The summed E-state index contributed by atoms with van der Waals surface area (Å²) in [6.45, 7) is 6.04. The second-order valence-electron chi connectivity index (χ2n) is 6.76. The Bertz CT molecular complexity index is 1100. The Morgan fingerprint density at radius 3 is 2.32 bits per heavy atom. The molecule has 6 nitrogen and oxygen atoms in total. The van der Waals surface area contributed by atoms with Crippen molar-refractivity contribution in [3.63, 3.8) is 0 Å². The Hall–Kier alpha value is -3.06. The van der Waals surface area contributed by atoms with Gasteiger partial charge in [0.15, 0.2) is 0 Å². The molecule has 0 fully saturated rings. The molecule has 2 heterocycles. The van der Waals surface area contributed by atoms with Gasteiger partial charge in [-0.05, 0) is 43.5 Å². The molecule has 1 unspecified atom stereocenters. The van der Waals surface area contributed by atoms with Crippen LogP contribution in [0.4, 0.5) is 0 Å². The molecule has 0 saturated heterocycles. The van der Waals surface area contributed by atoms with Crippen LogP contribution in [-0.2, 0) is 0 Å². The third kappa shape index (κ3) is 3.41. The molecule has 0 aliphatic heterocycles. The zero-order valence-corrected chi connectivity index (χ0v) is 16.9. The number of benzene rings is 2. The first-order chi connectivity index (χ1) is 13.5. The summed E-state index contributed by atoms with van der Waals surface area (Å²) < 4.78 is 3.23. The smallest absolute Gasteiger partial charge is 0.271 e. The number of nitrogens with zero attached hydrogens (tertiary/aromatic N) is 5. The summed E-state index contributed by atoms with van der Waals surface area (Å²) in [7, 11) is 0. The molecule has 0 aliphatic carbocycles. The van der Waals surface area contributed by atoms with Crippen molar-refractivity contribution in [3.05, 3.63) is 88.7 Å². The van der Waals surface area contributed by atoms with E-state index in [1.807, 2.05) is 26.0 Å². The van der Waals surface area contributed by atoms with Crippen LogP contribution in [0.25, 0.3) is 5.95 Å². The minimum absolute atomic E-state index is 0.0576. The molecule has 1 atom stereocenters. The van der Waals surface area contributed by atoms with E-state index in [1.54, 1.807) is 16.4 Å². The molecule has 0 aliphatic rings. The van der Waals surface area contributed by atoms with Crippen molar-refractivity contribution in [2.45, 2.75) is 31.2 Å². The maximum atomic E-state index is 6.37. The van der Waals surface area contributed by atoms with Crippen LogP contribution >= 0.6 is 11.8 Å². The van der Waals surface area contributed by atoms with Gasteiger partial charge in [-0.1, -0.05) is 66.4 Å². The predicted octanol–water partition coefficient (Wildman–Crippen LogP) is 3.98. The van der Waals surface area contributed by atoms with E-state index in [0.717, 1.165) is 11.4 Å². The van der Waals surface area contributed by atoms with Crippen LogP contribution < -0.4 is 5.84 Å². The van der Waals surface area contributed by atoms with Crippen LogP contribution in [0.3, 0.4) is 0 Å². The molecule has 4 aromatic rings. The molecule has 2 aromatic carbocycles. The number of hydrogen-bond donors (Lipinski definition) is 1. The number of nitrogen functional groups attached to an aromatic ring is 1. The van der Waals surface area contributed by atoms with Crippen molar-refractivity contribution in [1.82, 2.24) is 24.7 Å². The highest BCUT2D eigenvalue weighted by molar-refractivity contribution is 7.99. The molecule has 2 N–H and O–H groups in total. The van der Waals surface area contributed by atoms with Gasteiger partial charge in [-0.25, -0.2) is 9.36 Å². The third-order valence-corrected chi connectivity index (χ3v) is 5.89. The van der Waals surface area contributed by atoms with Crippen molar-refractivity contribution in [2.24, 2.45) is 0 Å². The summed E-state index contributed by atoms with van der Waals surface area (Å²) in [4.78, 5) is 0. The van der Waals surface area contributed by atoms with E-state index in [9.17, 15) is 0 Å². The van der Waals surface area contributed by atoms with E-state index in [4.69, 9.17) is 5.84 Å². The van der Waals surface area contributed by atoms with E-state index in [2.05, 4.69) is 70.8 Å². The second-order valence-corrected chi connectivity index (χ2v) is 7.83. The lowest BCUT2D eigenvalue weighted by molar-refractivity contribution is 0.726. The van der Waals surface area contributed by atoms with E-state index in [1.165, 1.54) is 21.4 Å². The first-order valence-electron chi connectivity index (χ1n) is 9.06. The van der Waals surface area contributed by atoms with Crippen LogP contribution in [0, 0.1) is 20.8 Å². The summed E-state index contributed by atoms with van der Waals surface area (Å²) in [5.74, 6) is 6.87. The summed E-state index contributed by atoms with van der Waals surface area (Å²) >= 11 is 1.59. The van der Waals surface area contributed by atoms with Crippen molar-refractivity contribution in [1.29, 1.82) is 0 Å². The fraction of sp³-hybridized carbons (Fsp3) is 0.190. The lowest BCUT2D eigenvalue weighted by Crippen LogP contribution is -2.17. The average Bonchev–Trinajstić information content (AvgIpc) is 3.22. The Morgan fingerprint density at radius 2 is 1.64 bits per heavy atom. The summed E-state index contributed by atoms with van der Waals surface area (Å²) in [6, 6.07) is 20.8. The topological polar surface area (TPSA) is 74.5 Å². The van der Waals surface area contributed by atoms with E-state index in [0.29, 0.717) is 11.1 Å². The quantitative estimate of drug-likeness (QED) is 0.412. The number of aryl methyl sites for hydroxylation is 3. The number of thioether (sulfide) groups is 1. The molecule has 0 amide bonds. The van der Waals surface area contributed by atoms with Gasteiger partial charge < -0.3 is 5.84 Å². The highest BCUT2D eigenvalue weighted by Gasteiger charge is 2.22. The highest BCUT2D eigenvalue weighted by Crippen LogP contribution is 2.40.